The number of unbranched alkanes of at least 4 members (excludes halogenated alkanes) is 6. The molecule has 5 heteroatoms. The molecule has 1 N–H and O–H groups in total. The summed E-state index contributed by atoms with van der Waals surface area (Å²) in [5.41, 5.74) is 0.341. The number of hydrogen-bond acceptors (Lipinski definition) is 4. The first-order chi connectivity index (χ1) is 12.0. The van der Waals surface area contributed by atoms with Gasteiger partial charge in [-0.15, -0.1) is 0 Å². The van der Waals surface area contributed by atoms with Crippen LogP contribution in [0.25, 0.3) is 0 Å². The molecule has 0 bridgehead atoms. The highest BCUT2D eigenvalue weighted by Crippen LogP contribution is 2.12. The maximum atomic E-state index is 12.1. The van der Waals surface area contributed by atoms with Crippen molar-refractivity contribution in [3.8, 4) is 0 Å². The molecule has 0 fully saturated rings. The molecule has 0 saturated heterocycles. The van der Waals surface area contributed by atoms with E-state index in [4.69, 9.17) is 9.84 Å². The third-order valence-electron chi connectivity index (χ3n) is 4.09. The molecule has 0 aliphatic heterocycles. The highest BCUT2D eigenvalue weighted by Gasteiger charge is 2.13. The van der Waals surface area contributed by atoms with Gasteiger partial charge in [0.2, 0.25) is 0 Å². The standard InChI is InChI=1S/C20H28O5/c1-25-13-8-6-4-2-3-5-7-12-18(21)15-19(22)16-10-9-11-17(14-16)20(23)24/h9-11,14H,2-8,12-13,15H2,1H3,(H,23,24). The molecule has 0 amide bonds. The number of carbonyl (C=O) groups excluding carboxylic acids is 2. The third-order valence-corrected chi connectivity index (χ3v) is 4.09. The second kappa shape index (κ2) is 12.4. The number of carboxylic acid groups (broad SMARTS) is 1. The molecule has 25 heavy (non-hydrogen) atoms. The van der Waals surface area contributed by atoms with Gasteiger partial charge in [-0.05, 0) is 25.0 Å². The number of methoxy groups -OCH3 is 1. The molecule has 5 nitrogen and oxygen atoms in total. The highest BCUT2D eigenvalue weighted by molar-refractivity contribution is 6.08. The number of Topliss-reactive ketones (excluding diaryl/α,β-unsaturated/α-hetero) is 2. The first-order valence-corrected chi connectivity index (χ1v) is 8.91. The van der Waals surface area contributed by atoms with Crippen molar-refractivity contribution in [2.45, 2.75) is 57.8 Å². The Hall–Kier alpha value is -2.01. The van der Waals surface area contributed by atoms with Gasteiger partial charge in [0.1, 0.15) is 5.78 Å². The van der Waals surface area contributed by atoms with Crippen LogP contribution in [0.3, 0.4) is 0 Å². The molecule has 138 valence electrons. The summed E-state index contributed by atoms with van der Waals surface area (Å²) in [6, 6.07) is 5.82. The lowest BCUT2D eigenvalue weighted by Gasteiger charge is -2.03. The second-order valence-electron chi connectivity index (χ2n) is 6.24. The summed E-state index contributed by atoms with van der Waals surface area (Å²) in [7, 11) is 1.71. The lowest BCUT2D eigenvalue weighted by Crippen LogP contribution is -2.09. The molecule has 1 aromatic carbocycles. The fourth-order valence-electron chi connectivity index (χ4n) is 2.65. The Morgan fingerprint density at radius 3 is 2.16 bits per heavy atom. The van der Waals surface area contributed by atoms with E-state index < -0.39 is 5.97 Å². The lowest BCUT2D eigenvalue weighted by atomic mass is 10.0. The second-order valence-corrected chi connectivity index (χ2v) is 6.24. The molecular weight excluding hydrogens is 320 g/mol. The summed E-state index contributed by atoms with van der Waals surface area (Å²) in [4.78, 5) is 34.9. The fraction of sp³-hybridized carbons (Fsp3) is 0.550. The first kappa shape index (κ1) is 21.0. The zero-order valence-corrected chi connectivity index (χ0v) is 15.0. The van der Waals surface area contributed by atoms with Crippen LogP contribution in [-0.4, -0.2) is 36.4 Å². The number of aromatic carboxylic acids is 1. The summed E-state index contributed by atoms with van der Waals surface area (Å²) >= 11 is 0. The van der Waals surface area contributed by atoms with Crippen LogP contribution in [0.5, 0.6) is 0 Å². The Kier molecular flexibility index (Phi) is 10.4. The Bertz CT molecular complexity index is 565. The predicted molar refractivity (Wildman–Crippen MR) is 96.2 cm³/mol. The molecule has 0 spiro atoms. The van der Waals surface area contributed by atoms with Crippen LogP contribution in [0.15, 0.2) is 24.3 Å². The zero-order valence-electron chi connectivity index (χ0n) is 15.0. The van der Waals surface area contributed by atoms with Crippen molar-refractivity contribution in [3.63, 3.8) is 0 Å². The Morgan fingerprint density at radius 2 is 1.52 bits per heavy atom. The maximum Gasteiger partial charge on any atom is 0.335 e. The Morgan fingerprint density at radius 1 is 0.920 bits per heavy atom. The van der Waals surface area contributed by atoms with Crippen molar-refractivity contribution < 1.29 is 24.2 Å². The summed E-state index contributed by atoms with van der Waals surface area (Å²) in [6.45, 7) is 0.817. The highest BCUT2D eigenvalue weighted by atomic mass is 16.5. The first-order valence-electron chi connectivity index (χ1n) is 8.91. The Balaban J connectivity index is 2.18. The SMILES string of the molecule is COCCCCCCCCCC(=O)CC(=O)c1cccc(C(=O)O)c1. The van der Waals surface area contributed by atoms with Gasteiger partial charge in [-0.3, -0.25) is 9.59 Å². The summed E-state index contributed by atoms with van der Waals surface area (Å²) in [5.74, 6) is -1.47. The third kappa shape index (κ3) is 9.15. The topological polar surface area (TPSA) is 80.7 Å². The molecule has 0 radical (unpaired) electrons. The molecule has 0 aromatic heterocycles. The minimum atomic E-state index is -1.08. The zero-order chi connectivity index (χ0) is 18.5. The summed E-state index contributed by atoms with van der Waals surface area (Å²) < 4.78 is 5.00. The minimum Gasteiger partial charge on any atom is -0.478 e. The van der Waals surface area contributed by atoms with E-state index >= 15 is 0 Å². The van der Waals surface area contributed by atoms with Crippen LogP contribution in [0, 0.1) is 0 Å². The molecule has 1 rings (SSSR count). The van der Waals surface area contributed by atoms with Crippen molar-refractivity contribution in [2.24, 2.45) is 0 Å². The van der Waals surface area contributed by atoms with Crippen molar-refractivity contribution in [1.29, 1.82) is 0 Å². The molecule has 0 atom stereocenters. The molecule has 0 aliphatic rings. The lowest BCUT2D eigenvalue weighted by molar-refractivity contribution is -0.118. The molecule has 0 aliphatic carbocycles. The molecule has 0 unspecified atom stereocenters. The average Bonchev–Trinajstić information content (AvgIpc) is 2.60. The monoisotopic (exact) mass is 348 g/mol. The van der Waals surface area contributed by atoms with Gasteiger partial charge < -0.3 is 9.84 Å². The minimum absolute atomic E-state index is 0.0591. The number of benzene rings is 1. The van der Waals surface area contributed by atoms with Gasteiger partial charge in [-0.2, -0.15) is 0 Å². The van der Waals surface area contributed by atoms with Crippen LogP contribution in [0.2, 0.25) is 0 Å². The smallest absolute Gasteiger partial charge is 0.335 e. The van der Waals surface area contributed by atoms with Crippen molar-refractivity contribution in [2.75, 3.05) is 13.7 Å². The van der Waals surface area contributed by atoms with Crippen molar-refractivity contribution in [3.05, 3.63) is 35.4 Å². The van der Waals surface area contributed by atoms with Gasteiger partial charge >= 0.3 is 5.97 Å². The van der Waals surface area contributed by atoms with Gasteiger partial charge in [-0.25, -0.2) is 4.79 Å². The van der Waals surface area contributed by atoms with E-state index in [0.29, 0.717) is 6.42 Å². The number of hydrogen-bond donors (Lipinski definition) is 1. The molecule has 0 saturated carbocycles. The van der Waals surface area contributed by atoms with Crippen molar-refractivity contribution in [1.82, 2.24) is 0 Å². The molecular formula is C20H28O5. The van der Waals surface area contributed by atoms with Crippen LogP contribution >= 0.6 is 0 Å². The van der Waals surface area contributed by atoms with Gasteiger partial charge in [-0.1, -0.05) is 44.2 Å². The quantitative estimate of drug-likeness (QED) is 0.308. The van der Waals surface area contributed by atoms with Crippen LogP contribution < -0.4 is 0 Å². The number of rotatable bonds is 14. The molecule has 0 heterocycles. The van der Waals surface area contributed by atoms with Crippen LogP contribution in [0.4, 0.5) is 0 Å². The number of carbonyl (C=O) groups is 3. The number of ketones is 2. The van der Waals surface area contributed by atoms with Gasteiger partial charge in [0.25, 0.3) is 0 Å². The van der Waals surface area contributed by atoms with E-state index in [1.165, 1.54) is 37.5 Å². The summed E-state index contributed by atoms with van der Waals surface area (Å²) in [5, 5.41) is 8.94. The summed E-state index contributed by atoms with van der Waals surface area (Å²) in [6.07, 6.45) is 7.80. The normalized spacial score (nSPS) is 10.6. The van der Waals surface area contributed by atoms with Crippen LogP contribution in [-0.2, 0) is 9.53 Å². The van der Waals surface area contributed by atoms with Gasteiger partial charge in [0.15, 0.2) is 5.78 Å². The van der Waals surface area contributed by atoms with Gasteiger partial charge in [0.05, 0.1) is 12.0 Å². The molecule has 1 aromatic rings. The number of ether oxygens (including phenoxy) is 1. The van der Waals surface area contributed by atoms with E-state index in [9.17, 15) is 14.4 Å². The van der Waals surface area contributed by atoms with E-state index in [2.05, 4.69) is 0 Å². The number of carboxylic acids is 1. The van der Waals surface area contributed by atoms with E-state index in [-0.39, 0.29) is 29.1 Å². The van der Waals surface area contributed by atoms with Crippen LogP contribution in [0.1, 0.15) is 78.5 Å². The van der Waals surface area contributed by atoms with Crippen molar-refractivity contribution >= 4 is 17.5 Å². The van der Waals surface area contributed by atoms with Gasteiger partial charge in [0, 0.05) is 25.7 Å². The Labute approximate surface area is 149 Å². The fourth-order valence-corrected chi connectivity index (χ4v) is 2.65. The largest absolute Gasteiger partial charge is 0.478 e. The predicted octanol–water partition coefficient (Wildman–Crippen LogP) is 4.29. The van der Waals surface area contributed by atoms with E-state index in [1.54, 1.807) is 13.2 Å². The van der Waals surface area contributed by atoms with E-state index in [1.807, 2.05) is 0 Å². The maximum absolute atomic E-state index is 12.1. The van der Waals surface area contributed by atoms with E-state index in [0.717, 1.165) is 32.3 Å². The average molecular weight is 348 g/mol.